The quantitative estimate of drug-likeness (QED) is 0.409. The van der Waals surface area contributed by atoms with Crippen molar-refractivity contribution < 1.29 is 13.6 Å². The smallest absolute Gasteiger partial charge is 0.310 e. The molecule has 4 heteroatoms. The molecule has 0 bridgehead atoms. The summed E-state index contributed by atoms with van der Waals surface area (Å²) < 4.78 is 19.0. The van der Waals surface area contributed by atoms with Gasteiger partial charge in [0.05, 0.1) is 0 Å². The van der Waals surface area contributed by atoms with E-state index in [1.165, 1.54) is 13.8 Å². The SMILES string of the molecule is [CH2+]OP(C)(=O)OC. The Labute approximate surface area is 43.2 Å². The highest BCUT2D eigenvalue weighted by molar-refractivity contribution is 7.52. The van der Waals surface area contributed by atoms with Crippen molar-refractivity contribution in [3.63, 3.8) is 0 Å². The Bertz CT molecular complexity index is 82.2. The van der Waals surface area contributed by atoms with Gasteiger partial charge in [0.25, 0.3) is 0 Å². The molecule has 0 aliphatic carbocycles. The standard InChI is InChI=1S/C3H8O3P/c1-5-7(3,4)6-2/h1H2,2-3H3/q+1. The average molecular weight is 123 g/mol. The van der Waals surface area contributed by atoms with Gasteiger partial charge < -0.3 is 4.52 Å². The van der Waals surface area contributed by atoms with E-state index in [4.69, 9.17) is 0 Å². The van der Waals surface area contributed by atoms with Crippen LogP contribution in [0.15, 0.2) is 0 Å². The first-order valence-corrected chi connectivity index (χ1v) is 3.68. The molecule has 7 heavy (non-hydrogen) atoms. The van der Waals surface area contributed by atoms with Gasteiger partial charge >= 0.3 is 7.60 Å². The first-order chi connectivity index (χ1) is 3.12. The van der Waals surface area contributed by atoms with E-state index in [0.717, 1.165) is 0 Å². The first-order valence-electron chi connectivity index (χ1n) is 1.69. The fourth-order valence-corrected chi connectivity index (χ4v) is 0.158. The van der Waals surface area contributed by atoms with E-state index in [0.29, 0.717) is 0 Å². The van der Waals surface area contributed by atoms with Crippen LogP contribution in [0, 0.1) is 7.11 Å². The molecule has 1 atom stereocenters. The van der Waals surface area contributed by atoms with E-state index >= 15 is 0 Å². The van der Waals surface area contributed by atoms with Crippen molar-refractivity contribution in [2.75, 3.05) is 13.8 Å². The van der Waals surface area contributed by atoms with Gasteiger partial charge in [-0.15, -0.1) is 4.52 Å². The molecule has 0 spiro atoms. The summed E-state index contributed by atoms with van der Waals surface area (Å²) in [5, 5.41) is 0. The van der Waals surface area contributed by atoms with E-state index in [1.807, 2.05) is 0 Å². The number of rotatable bonds is 2. The van der Waals surface area contributed by atoms with Crippen LogP contribution in [0.3, 0.4) is 0 Å². The lowest BCUT2D eigenvalue weighted by atomic mass is 11.8. The second kappa shape index (κ2) is 2.36. The average Bonchev–Trinajstić information content (AvgIpc) is 1.68. The van der Waals surface area contributed by atoms with Crippen LogP contribution in [-0.4, -0.2) is 13.8 Å². The summed E-state index contributed by atoms with van der Waals surface area (Å²) in [5.41, 5.74) is 0. The van der Waals surface area contributed by atoms with Crippen molar-refractivity contribution >= 4 is 7.60 Å². The van der Waals surface area contributed by atoms with Gasteiger partial charge in [0.2, 0.25) is 7.11 Å². The van der Waals surface area contributed by atoms with Crippen LogP contribution in [0.4, 0.5) is 0 Å². The van der Waals surface area contributed by atoms with Crippen molar-refractivity contribution in [1.29, 1.82) is 0 Å². The Morgan fingerprint density at radius 2 is 2.14 bits per heavy atom. The summed E-state index contributed by atoms with van der Waals surface area (Å²) in [7, 11) is 1.49. The largest absolute Gasteiger partial charge is 0.370 e. The Morgan fingerprint density at radius 1 is 1.71 bits per heavy atom. The van der Waals surface area contributed by atoms with Gasteiger partial charge in [-0.25, -0.2) is 0 Å². The molecule has 0 N–H and O–H groups in total. The Morgan fingerprint density at radius 3 is 2.14 bits per heavy atom. The summed E-state index contributed by atoms with van der Waals surface area (Å²) in [5.74, 6) is 0. The van der Waals surface area contributed by atoms with Crippen LogP contribution >= 0.6 is 7.60 Å². The molecule has 0 aliphatic heterocycles. The number of hydrogen-bond acceptors (Lipinski definition) is 3. The summed E-state index contributed by atoms with van der Waals surface area (Å²) in [4.78, 5) is 0. The fraction of sp³-hybridized carbons (Fsp3) is 0.667. The maximum absolute atomic E-state index is 10.4. The molecule has 0 rings (SSSR count). The van der Waals surface area contributed by atoms with Gasteiger partial charge in [0, 0.05) is 13.8 Å². The third-order valence-electron chi connectivity index (χ3n) is 0.566. The van der Waals surface area contributed by atoms with Crippen molar-refractivity contribution in [2.45, 2.75) is 0 Å². The molecule has 1 unspecified atom stereocenters. The van der Waals surface area contributed by atoms with E-state index in [1.54, 1.807) is 0 Å². The monoisotopic (exact) mass is 123 g/mol. The fourth-order valence-electron chi connectivity index (χ4n) is 0.0527. The Kier molecular flexibility index (Phi) is 2.37. The predicted molar refractivity (Wildman–Crippen MR) is 27.0 cm³/mol. The Hall–Kier alpha value is 0.0200. The molecule has 3 nitrogen and oxygen atoms in total. The lowest BCUT2D eigenvalue weighted by molar-refractivity contribution is 0.302. The maximum atomic E-state index is 10.4. The van der Waals surface area contributed by atoms with Crippen LogP contribution in [0.5, 0.6) is 0 Å². The van der Waals surface area contributed by atoms with Crippen molar-refractivity contribution in [3.8, 4) is 0 Å². The predicted octanol–water partition coefficient (Wildman–Crippen LogP) is 1.26. The van der Waals surface area contributed by atoms with Gasteiger partial charge in [-0.2, -0.15) is 0 Å². The van der Waals surface area contributed by atoms with E-state index in [-0.39, 0.29) is 0 Å². The highest BCUT2D eigenvalue weighted by atomic mass is 31.2. The highest BCUT2D eigenvalue weighted by Gasteiger charge is 2.14. The minimum absolute atomic E-state index is 1.31. The van der Waals surface area contributed by atoms with Crippen LogP contribution in [0.25, 0.3) is 0 Å². The maximum Gasteiger partial charge on any atom is 0.370 e. The molecular formula is C3H8O3P+. The van der Waals surface area contributed by atoms with Crippen molar-refractivity contribution in [1.82, 2.24) is 0 Å². The summed E-state index contributed by atoms with van der Waals surface area (Å²) in [6.45, 7) is 1.35. The van der Waals surface area contributed by atoms with E-state index in [2.05, 4.69) is 16.2 Å². The molecule has 0 fully saturated rings. The van der Waals surface area contributed by atoms with Crippen LogP contribution in [0.2, 0.25) is 0 Å². The van der Waals surface area contributed by atoms with Crippen LogP contribution in [-0.2, 0) is 13.6 Å². The van der Waals surface area contributed by atoms with Gasteiger partial charge in [-0.3, -0.25) is 4.57 Å². The zero-order valence-electron chi connectivity index (χ0n) is 4.38. The van der Waals surface area contributed by atoms with Gasteiger partial charge in [0.1, 0.15) is 0 Å². The Balaban J connectivity index is 3.61. The van der Waals surface area contributed by atoms with E-state index < -0.39 is 7.60 Å². The first kappa shape index (κ1) is 7.02. The minimum atomic E-state index is -2.77. The van der Waals surface area contributed by atoms with Crippen molar-refractivity contribution in [2.24, 2.45) is 0 Å². The van der Waals surface area contributed by atoms with Crippen LogP contribution < -0.4 is 0 Å². The lowest BCUT2D eigenvalue weighted by Crippen LogP contribution is -1.80. The zero-order valence-corrected chi connectivity index (χ0v) is 5.27. The molecule has 42 valence electrons. The molecule has 0 heterocycles. The summed E-state index contributed by atoms with van der Waals surface area (Å²) in [6.07, 6.45) is 0. The van der Waals surface area contributed by atoms with Crippen molar-refractivity contribution in [3.05, 3.63) is 7.11 Å². The third-order valence-corrected chi connectivity index (χ3v) is 1.70. The van der Waals surface area contributed by atoms with E-state index in [9.17, 15) is 4.57 Å². The molecule has 0 radical (unpaired) electrons. The van der Waals surface area contributed by atoms with Gasteiger partial charge in [-0.1, -0.05) is 0 Å². The topological polar surface area (TPSA) is 35.5 Å². The highest BCUT2D eigenvalue weighted by Crippen LogP contribution is 2.41. The zero-order chi connectivity index (χ0) is 5.91. The molecule has 0 aromatic heterocycles. The lowest BCUT2D eigenvalue weighted by Gasteiger charge is -1.98. The minimum Gasteiger partial charge on any atom is -0.310 e. The molecule has 0 saturated carbocycles. The summed E-state index contributed by atoms with van der Waals surface area (Å²) >= 11 is 0. The van der Waals surface area contributed by atoms with Gasteiger partial charge in [-0.05, 0) is 0 Å². The normalized spacial score (nSPS) is 18.6. The molecule has 0 aromatic rings. The molecule has 0 aliphatic rings. The second-order valence-electron chi connectivity index (χ2n) is 1.08. The third kappa shape index (κ3) is 2.68. The van der Waals surface area contributed by atoms with Crippen LogP contribution in [0.1, 0.15) is 0 Å². The molecule has 0 saturated heterocycles. The molecular weight excluding hydrogens is 115 g/mol. The molecule has 0 aromatic carbocycles. The summed E-state index contributed by atoms with van der Waals surface area (Å²) in [6, 6.07) is 0. The second-order valence-corrected chi connectivity index (χ2v) is 3.25. The van der Waals surface area contributed by atoms with Gasteiger partial charge in [0.15, 0.2) is 0 Å². The number of hydrogen-bond donors (Lipinski definition) is 0. The molecule has 0 amide bonds.